The van der Waals surface area contributed by atoms with Crippen molar-refractivity contribution in [1.29, 1.82) is 0 Å². The Hall–Kier alpha value is -1.71. The molecule has 0 aliphatic carbocycles. The average molecular weight is 305 g/mol. The number of rotatable bonds is 4. The summed E-state index contributed by atoms with van der Waals surface area (Å²) in [5, 5.41) is 0. The third kappa shape index (κ3) is 2.92. The lowest BCUT2D eigenvalue weighted by atomic mass is 9.79. The molecule has 0 amide bonds. The fraction of sp³-hybridized carbons (Fsp3) is 0.611. The van der Waals surface area contributed by atoms with E-state index in [1.54, 1.807) is 0 Å². The number of carbonyl (C=O) groups is 1. The first-order valence-electron chi connectivity index (χ1n) is 7.95. The van der Waals surface area contributed by atoms with Crippen LogP contribution in [0.25, 0.3) is 0 Å². The second-order valence-corrected chi connectivity index (χ2v) is 6.64. The Balaban J connectivity index is 2.50. The van der Waals surface area contributed by atoms with Gasteiger partial charge >= 0.3 is 5.97 Å². The van der Waals surface area contributed by atoms with Gasteiger partial charge in [-0.05, 0) is 63.8 Å². The molecule has 1 aromatic carbocycles. The van der Waals surface area contributed by atoms with E-state index in [1.165, 1.54) is 12.7 Å². The zero-order valence-corrected chi connectivity index (χ0v) is 14.5. The van der Waals surface area contributed by atoms with E-state index in [1.807, 2.05) is 19.9 Å². The molecule has 0 aromatic heterocycles. The molecule has 1 aliphatic heterocycles. The highest BCUT2D eigenvalue weighted by atomic mass is 16.5. The van der Waals surface area contributed by atoms with E-state index in [4.69, 9.17) is 9.47 Å². The molecule has 4 nitrogen and oxygen atoms in total. The number of esters is 1. The molecule has 0 spiro atoms. The Morgan fingerprint density at radius 3 is 2.73 bits per heavy atom. The normalized spacial score (nSPS) is 21.0. The van der Waals surface area contributed by atoms with Crippen molar-refractivity contribution in [3.05, 3.63) is 23.8 Å². The van der Waals surface area contributed by atoms with Gasteiger partial charge in [0.25, 0.3) is 0 Å². The molecule has 2 rings (SSSR count). The summed E-state index contributed by atoms with van der Waals surface area (Å²) in [5.74, 6) is 1.10. The van der Waals surface area contributed by atoms with Gasteiger partial charge in [0.1, 0.15) is 11.8 Å². The molecule has 0 saturated carbocycles. The van der Waals surface area contributed by atoms with Crippen molar-refractivity contribution in [3.8, 4) is 5.75 Å². The molecular formula is C18H27NO3. The summed E-state index contributed by atoms with van der Waals surface area (Å²) in [6.45, 7) is 11.1. The summed E-state index contributed by atoms with van der Waals surface area (Å²) in [4.78, 5) is 14.3. The number of benzene rings is 1. The van der Waals surface area contributed by atoms with Crippen LogP contribution in [0.15, 0.2) is 18.2 Å². The van der Waals surface area contributed by atoms with Crippen LogP contribution in [-0.2, 0) is 9.53 Å². The monoisotopic (exact) mass is 305 g/mol. The number of carbonyl (C=O) groups excluding carboxylic acids is 1. The molecule has 0 fully saturated rings. The molecule has 122 valence electrons. The summed E-state index contributed by atoms with van der Waals surface area (Å²) in [6, 6.07) is 5.84. The van der Waals surface area contributed by atoms with Crippen molar-refractivity contribution in [1.82, 2.24) is 0 Å². The Morgan fingerprint density at radius 2 is 2.14 bits per heavy atom. The lowest BCUT2D eigenvalue weighted by molar-refractivity contribution is -0.142. The third-order valence-corrected chi connectivity index (χ3v) is 4.49. The first-order chi connectivity index (χ1) is 10.3. The van der Waals surface area contributed by atoms with E-state index in [2.05, 4.69) is 37.8 Å². The van der Waals surface area contributed by atoms with Crippen molar-refractivity contribution in [2.75, 3.05) is 18.6 Å². The second-order valence-electron chi connectivity index (χ2n) is 6.64. The fourth-order valence-electron chi connectivity index (χ4n) is 3.70. The van der Waals surface area contributed by atoms with Crippen LogP contribution in [0, 0.1) is 0 Å². The first-order valence-corrected chi connectivity index (χ1v) is 7.95. The minimum atomic E-state index is -0.316. The number of anilines is 1. The molecular weight excluding hydrogens is 278 g/mol. The Morgan fingerprint density at radius 1 is 1.45 bits per heavy atom. The molecule has 1 aromatic rings. The van der Waals surface area contributed by atoms with Crippen LogP contribution in [0.1, 0.15) is 52.5 Å². The van der Waals surface area contributed by atoms with E-state index in [9.17, 15) is 4.79 Å². The summed E-state index contributed by atoms with van der Waals surface area (Å²) in [7, 11) is 1.44. The fourth-order valence-corrected chi connectivity index (χ4v) is 3.70. The highest BCUT2D eigenvalue weighted by Crippen LogP contribution is 2.45. The highest BCUT2D eigenvalue weighted by molar-refractivity contribution is 5.81. The van der Waals surface area contributed by atoms with Crippen molar-refractivity contribution in [3.63, 3.8) is 0 Å². The lowest BCUT2D eigenvalue weighted by Crippen LogP contribution is -2.55. The molecule has 1 heterocycles. The lowest BCUT2D eigenvalue weighted by Gasteiger charge is -2.49. The molecule has 2 unspecified atom stereocenters. The van der Waals surface area contributed by atoms with Gasteiger partial charge in [0, 0.05) is 11.2 Å². The number of hydrogen-bond acceptors (Lipinski definition) is 4. The topological polar surface area (TPSA) is 38.8 Å². The Labute approximate surface area is 133 Å². The summed E-state index contributed by atoms with van der Waals surface area (Å²) in [6.07, 6.45) is 0.983. The van der Waals surface area contributed by atoms with E-state index < -0.39 is 0 Å². The van der Waals surface area contributed by atoms with Crippen molar-refractivity contribution in [2.45, 2.75) is 58.5 Å². The van der Waals surface area contributed by atoms with E-state index in [0.29, 0.717) is 12.5 Å². The van der Waals surface area contributed by atoms with E-state index in [-0.39, 0.29) is 17.6 Å². The van der Waals surface area contributed by atoms with E-state index in [0.717, 1.165) is 17.9 Å². The maximum atomic E-state index is 12.1. The van der Waals surface area contributed by atoms with Crippen LogP contribution in [0.5, 0.6) is 5.75 Å². The van der Waals surface area contributed by atoms with E-state index >= 15 is 0 Å². The molecule has 22 heavy (non-hydrogen) atoms. The van der Waals surface area contributed by atoms with Crippen molar-refractivity contribution in [2.24, 2.45) is 0 Å². The van der Waals surface area contributed by atoms with Gasteiger partial charge in [-0.2, -0.15) is 0 Å². The van der Waals surface area contributed by atoms with Crippen LogP contribution < -0.4 is 9.64 Å². The molecule has 4 heteroatoms. The summed E-state index contributed by atoms with van der Waals surface area (Å²) in [5.41, 5.74) is 2.23. The number of ether oxygens (including phenoxy) is 2. The van der Waals surface area contributed by atoms with Gasteiger partial charge in [0.15, 0.2) is 0 Å². The predicted octanol–water partition coefficient (Wildman–Crippen LogP) is 3.74. The van der Waals surface area contributed by atoms with Gasteiger partial charge in [0.05, 0.1) is 13.7 Å². The van der Waals surface area contributed by atoms with Gasteiger partial charge in [-0.1, -0.05) is 6.92 Å². The first kappa shape index (κ1) is 16.7. The number of hydrogen-bond donors (Lipinski definition) is 0. The van der Waals surface area contributed by atoms with Crippen LogP contribution in [0.3, 0.4) is 0 Å². The zero-order valence-electron chi connectivity index (χ0n) is 14.5. The number of fused-ring (bicyclic) bond motifs is 1. The molecule has 0 radical (unpaired) electrons. The molecule has 1 aliphatic rings. The maximum Gasteiger partial charge on any atom is 0.328 e. The van der Waals surface area contributed by atoms with Gasteiger partial charge < -0.3 is 14.4 Å². The minimum Gasteiger partial charge on any atom is -0.494 e. The summed E-state index contributed by atoms with van der Waals surface area (Å²) < 4.78 is 10.6. The molecule has 0 N–H and O–H groups in total. The maximum absolute atomic E-state index is 12.1. The average Bonchev–Trinajstić information content (AvgIpc) is 2.46. The van der Waals surface area contributed by atoms with Crippen LogP contribution in [-0.4, -0.2) is 31.3 Å². The Bertz CT molecular complexity index is 553. The van der Waals surface area contributed by atoms with Gasteiger partial charge in [-0.15, -0.1) is 0 Å². The quantitative estimate of drug-likeness (QED) is 0.794. The van der Waals surface area contributed by atoms with Gasteiger partial charge in [-0.25, -0.2) is 4.79 Å². The zero-order chi connectivity index (χ0) is 16.5. The smallest absolute Gasteiger partial charge is 0.328 e. The van der Waals surface area contributed by atoms with Crippen LogP contribution in [0.2, 0.25) is 0 Å². The predicted molar refractivity (Wildman–Crippen MR) is 88.7 cm³/mol. The number of nitrogens with zero attached hydrogens (tertiary/aromatic N) is 1. The summed E-state index contributed by atoms with van der Waals surface area (Å²) >= 11 is 0. The van der Waals surface area contributed by atoms with Crippen LogP contribution >= 0.6 is 0 Å². The van der Waals surface area contributed by atoms with Crippen LogP contribution in [0.4, 0.5) is 5.69 Å². The molecule has 0 bridgehead atoms. The number of methoxy groups -OCH3 is 1. The molecule has 2 atom stereocenters. The highest BCUT2D eigenvalue weighted by Gasteiger charge is 2.41. The van der Waals surface area contributed by atoms with Gasteiger partial charge in [-0.3, -0.25) is 0 Å². The van der Waals surface area contributed by atoms with Crippen molar-refractivity contribution >= 4 is 11.7 Å². The van der Waals surface area contributed by atoms with Gasteiger partial charge in [0.2, 0.25) is 0 Å². The largest absolute Gasteiger partial charge is 0.494 e. The SMILES string of the molecule is CCOc1ccc2c(c1)C(C)CC(C)(C)N2C(C)C(=O)OC. The molecule has 0 saturated heterocycles. The second kappa shape index (κ2) is 6.19. The Kier molecular flexibility index (Phi) is 4.69. The third-order valence-electron chi connectivity index (χ3n) is 4.49. The van der Waals surface area contributed by atoms with Crippen molar-refractivity contribution < 1.29 is 14.3 Å². The minimum absolute atomic E-state index is 0.104. The standard InChI is InChI=1S/C18H27NO3/c1-7-22-14-8-9-16-15(10-14)12(2)11-18(4,5)19(16)13(3)17(20)21-6/h8-10,12-13H,7,11H2,1-6H3.